The largest absolute Gasteiger partial charge is 0.303 e. The van der Waals surface area contributed by atoms with Gasteiger partial charge in [0.2, 0.25) is 0 Å². The number of rotatable bonds is 2. The zero-order valence-electron chi connectivity index (χ0n) is 6.03. The fraction of sp³-hybridized carbons (Fsp3) is 0.250. The fourth-order valence-corrected chi connectivity index (χ4v) is 0.830. The first-order valence-corrected chi connectivity index (χ1v) is 3.27. The van der Waals surface area contributed by atoms with Gasteiger partial charge in [-0.3, -0.25) is 0 Å². The Morgan fingerprint density at radius 1 is 1.17 bits per heavy atom. The van der Waals surface area contributed by atoms with Gasteiger partial charge in [-0.1, -0.05) is 12.1 Å². The summed E-state index contributed by atoms with van der Waals surface area (Å²) >= 11 is 0. The Bertz CT molecular complexity index is 270. The first-order valence-electron chi connectivity index (χ1n) is 3.27. The monoisotopic (exact) mass is 178 g/mol. The van der Waals surface area contributed by atoms with E-state index in [-0.39, 0.29) is 0 Å². The van der Waals surface area contributed by atoms with Gasteiger partial charge in [-0.2, -0.15) is 8.78 Å². The Balaban J connectivity index is 3.10. The van der Waals surface area contributed by atoms with Gasteiger partial charge in [0.25, 0.3) is 0 Å². The standard InChI is InChI=1S/C8H6F4/c9-5-8(11,12)6-3-1-2-4-7(6)10/h1-4H,5H2. The Morgan fingerprint density at radius 3 is 2.25 bits per heavy atom. The summed E-state index contributed by atoms with van der Waals surface area (Å²) in [6.07, 6.45) is 0. The summed E-state index contributed by atoms with van der Waals surface area (Å²) in [7, 11) is 0. The minimum Gasteiger partial charge on any atom is -0.244 e. The average Bonchev–Trinajstić information content (AvgIpc) is 2.05. The van der Waals surface area contributed by atoms with Crippen LogP contribution in [0.25, 0.3) is 0 Å². The molecule has 0 amide bonds. The second kappa shape index (κ2) is 3.13. The van der Waals surface area contributed by atoms with Crippen LogP contribution < -0.4 is 0 Å². The molecule has 0 atom stereocenters. The molecule has 66 valence electrons. The average molecular weight is 178 g/mol. The molecule has 4 heteroatoms. The van der Waals surface area contributed by atoms with Crippen LogP contribution in [0.4, 0.5) is 17.6 Å². The van der Waals surface area contributed by atoms with Gasteiger partial charge in [-0.15, -0.1) is 0 Å². The highest BCUT2D eigenvalue weighted by atomic mass is 19.3. The summed E-state index contributed by atoms with van der Waals surface area (Å²) < 4.78 is 49.4. The molecule has 0 nitrogen and oxygen atoms in total. The van der Waals surface area contributed by atoms with Crippen LogP contribution in [0.2, 0.25) is 0 Å². The van der Waals surface area contributed by atoms with Crippen molar-refractivity contribution >= 4 is 0 Å². The van der Waals surface area contributed by atoms with Crippen molar-refractivity contribution in [1.82, 2.24) is 0 Å². The minimum absolute atomic E-state index is 0.870. The number of alkyl halides is 3. The number of benzene rings is 1. The van der Waals surface area contributed by atoms with Crippen LogP contribution in [0.3, 0.4) is 0 Å². The zero-order valence-corrected chi connectivity index (χ0v) is 6.03. The Kier molecular flexibility index (Phi) is 2.35. The highest BCUT2D eigenvalue weighted by Crippen LogP contribution is 2.29. The van der Waals surface area contributed by atoms with Gasteiger partial charge in [0, 0.05) is 0 Å². The van der Waals surface area contributed by atoms with E-state index in [0.29, 0.717) is 0 Å². The summed E-state index contributed by atoms with van der Waals surface area (Å²) in [6.45, 7) is -1.88. The minimum atomic E-state index is -3.72. The van der Waals surface area contributed by atoms with E-state index in [1.54, 1.807) is 0 Å². The number of hydrogen-bond donors (Lipinski definition) is 0. The molecule has 0 radical (unpaired) electrons. The van der Waals surface area contributed by atoms with Crippen LogP contribution in [-0.2, 0) is 5.92 Å². The quantitative estimate of drug-likeness (QED) is 0.611. The second-order valence-electron chi connectivity index (χ2n) is 2.32. The lowest BCUT2D eigenvalue weighted by atomic mass is 10.1. The molecule has 0 bridgehead atoms. The van der Waals surface area contributed by atoms with Crippen molar-refractivity contribution in [3.05, 3.63) is 35.6 Å². The molecule has 0 aliphatic carbocycles. The predicted octanol–water partition coefficient (Wildman–Crippen LogP) is 2.89. The molecule has 0 heterocycles. The van der Waals surface area contributed by atoms with E-state index in [9.17, 15) is 17.6 Å². The van der Waals surface area contributed by atoms with Crippen LogP contribution in [-0.4, -0.2) is 6.67 Å². The van der Waals surface area contributed by atoms with Gasteiger partial charge in [0.1, 0.15) is 5.82 Å². The Morgan fingerprint density at radius 2 is 1.75 bits per heavy atom. The normalized spacial score (nSPS) is 11.7. The van der Waals surface area contributed by atoms with Crippen molar-refractivity contribution in [3.63, 3.8) is 0 Å². The molecule has 0 saturated heterocycles. The fourth-order valence-electron chi connectivity index (χ4n) is 0.830. The lowest BCUT2D eigenvalue weighted by Gasteiger charge is -2.12. The molecule has 0 aliphatic rings. The molecule has 0 unspecified atom stereocenters. The van der Waals surface area contributed by atoms with Gasteiger partial charge in [0.05, 0.1) is 5.56 Å². The van der Waals surface area contributed by atoms with Crippen LogP contribution in [0.1, 0.15) is 5.56 Å². The topological polar surface area (TPSA) is 0 Å². The van der Waals surface area contributed by atoms with E-state index in [0.717, 1.165) is 12.1 Å². The van der Waals surface area contributed by atoms with Crippen molar-refractivity contribution in [3.8, 4) is 0 Å². The maximum absolute atomic E-state index is 12.6. The number of hydrogen-bond acceptors (Lipinski definition) is 0. The highest BCUT2D eigenvalue weighted by Gasteiger charge is 2.34. The molecule has 0 fully saturated rings. The van der Waals surface area contributed by atoms with Crippen LogP contribution in [0, 0.1) is 5.82 Å². The third-order valence-corrected chi connectivity index (χ3v) is 1.44. The predicted molar refractivity (Wildman–Crippen MR) is 36.3 cm³/mol. The molecule has 0 aromatic heterocycles. The van der Waals surface area contributed by atoms with Crippen molar-refractivity contribution in [2.45, 2.75) is 5.92 Å². The molecule has 0 N–H and O–H groups in total. The molecule has 0 spiro atoms. The molecule has 1 rings (SSSR count). The van der Waals surface area contributed by atoms with E-state index in [1.165, 1.54) is 12.1 Å². The summed E-state index contributed by atoms with van der Waals surface area (Å²) in [4.78, 5) is 0. The van der Waals surface area contributed by atoms with E-state index >= 15 is 0 Å². The lowest BCUT2D eigenvalue weighted by molar-refractivity contribution is -0.0311. The van der Waals surface area contributed by atoms with Gasteiger partial charge < -0.3 is 0 Å². The molecular weight excluding hydrogens is 172 g/mol. The molecule has 0 saturated carbocycles. The third-order valence-electron chi connectivity index (χ3n) is 1.44. The van der Waals surface area contributed by atoms with Gasteiger partial charge in [-0.25, -0.2) is 8.78 Å². The summed E-state index contributed by atoms with van der Waals surface area (Å²) in [5.41, 5.74) is -0.896. The van der Waals surface area contributed by atoms with E-state index in [1.807, 2.05) is 0 Å². The zero-order chi connectivity index (χ0) is 9.19. The summed E-state index contributed by atoms with van der Waals surface area (Å²) in [6, 6.07) is 4.25. The second-order valence-corrected chi connectivity index (χ2v) is 2.32. The first kappa shape index (κ1) is 9.03. The molecule has 1 aromatic carbocycles. The summed E-state index contributed by atoms with van der Waals surface area (Å²) in [5.74, 6) is -4.80. The van der Waals surface area contributed by atoms with E-state index in [2.05, 4.69) is 0 Å². The van der Waals surface area contributed by atoms with Crippen LogP contribution >= 0.6 is 0 Å². The van der Waals surface area contributed by atoms with Crippen molar-refractivity contribution < 1.29 is 17.6 Å². The van der Waals surface area contributed by atoms with E-state index in [4.69, 9.17) is 0 Å². The highest BCUT2D eigenvalue weighted by molar-refractivity contribution is 5.22. The smallest absolute Gasteiger partial charge is 0.244 e. The van der Waals surface area contributed by atoms with Crippen LogP contribution in [0.5, 0.6) is 0 Å². The van der Waals surface area contributed by atoms with Crippen molar-refractivity contribution in [2.24, 2.45) is 0 Å². The lowest BCUT2D eigenvalue weighted by Crippen LogP contribution is -2.17. The van der Waals surface area contributed by atoms with Crippen LogP contribution in [0.15, 0.2) is 24.3 Å². The molecule has 0 aliphatic heterocycles. The maximum atomic E-state index is 12.6. The Hall–Kier alpha value is -1.06. The molecule has 12 heavy (non-hydrogen) atoms. The van der Waals surface area contributed by atoms with Gasteiger partial charge in [0.15, 0.2) is 6.67 Å². The number of halogens is 4. The van der Waals surface area contributed by atoms with E-state index < -0.39 is 24.0 Å². The first-order chi connectivity index (χ1) is 5.58. The van der Waals surface area contributed by atoms with Crippen molar-refractivity contribution in [2.75, 3.05) is 6.67 Å². The molecule has 1 aromatic rings. The van der Waals surface area contributed by atoms with Gasteiger partial charge in [-0.05, 0) is 12.1 Å². The summed E-state index contributed by atoms with van der Waals surface area (Å²) in [5, 5.41) is 0. The van der Waals surface area contributed by atoms with Gasteiger partial charge >= 0.3 is 5.92 Å². The Labute approximate surface area is 66.8 Å². The SMILES string of the molecule is FCC(F)(F)c1ccccc1F. The third kappa shape index (κ3) is 1.57. The maximum Gasteiger partial charge on any atom is 0.303 e. The van der Waals surface area contributed by atoms with Crippen molar-refractivity contribution in [1.29, 1.82) is 0 Å². The molecular formula is C8H6F4.